The highest BCUT2D eigenvalue weighted by atomic mass is 16.5. The molecule has 1 aliphatic rings. The van der Waals surface area contributed by atoms with Gasteiger partial charge >= 0.3 is 0 Å². The van der Waals surface area contributed by atoms with Crippen LogP contribution >= 0.6 is 0 Å². The third-order valence-electron chi connectivity index (χ3n) is 5.22. The summed E-state index contributed by atoms with van der Waals surface area (Å²) in [4.78, 5) is 30.7. The van der Waals surface area contributed by atoms with E-state index in [1.807, 2.05) is 47.4 Å². The second-order valence-corrected chi connectivity index (χ2v) is 7.18. The van der Waals surface area contributed by atoms with Crippen molar-refractivity contribution in [2.75, 3.05) is 20.2 Å². The van der Waals surface area contributed by atoms with E-state index in [2.05, 4.69) is 10.3 Å². The van der Waals surface area contributed by atoms with Crippen LogP contribution in [0.5, 0.6) is 5.75 Å². The van der Waals surface area contributed by atoms with Crippen molar-refractivity contribution in [2.24, 2.45) is 5.92 Å². The van der Waals surface area contributed by atoms with E-state index in [9.17, 15) is 9.59 Å². The molecular formula is C22H27N3O3. The smallest absolute Gasteiger partial charge is 0.226 e. The van der Waals surface area contributed by atoms with Crippen LogP contribution in [0.4, 0.5) is 0 Å². The van der Waals surface area contributed by atoms with Crippen molar-refractivity contribution in [1.29, 1.82) is 0 Å². The number of likely N-dealkylation sites (tertiary alicyclic amines) is 1. The van der Waals surface area contributed by atoms with E-state index in [4.69, 9.17) is 4.74 Å². The number of hydrogen-bond donors (Lipinski definition) is 1. The Balaban J connectivity index is 1.60. The molecule has 2 aromatic rings. The van der Waals surface area contributed by atoms with E-state index >= 15 is 0 Å². The molecule has 6 heteroatoms. The normalized spacial score (nSPS) is 15.7. The van der Waals surface area contributed by atoms with Crippen LogP contribution in [-0.2, 0) is 16.0 Å². The van der Waals surface area contributed by atoms with Crippen LogP contribution in [0.3, 0.4) is 0 Å². The zero-order chi connectivity index (χ0) is 19.9. The molecule has 1 aromatic carbocycles. The first-order chi connectivity index (χ1) is 13.6. The molecule has 0 aliphatic carbocycles. The summed E-state index contributed by atoms with van der Waals surface area (Å²) >= 11 is 0. The molecule has 0 radical (unpaired) electrons. The number of hydrogen-bond acceptors (Lipinski definition) is 4. The quantitative estimate of drug-likeness (QED) is 0.835. The first-order valence-electron chi connectivity index (χ1n) is 9.65. The summed E-state index contributed by atoms with van der Waals surface area (Å²) in [5, 5.41) is 3.04. The zero-order valence-corrected chi connectivity index (χ0v) is 16.4. The summed E-state index contributed by atoms with van der Waals surface area (Å²) < 4.78 is 5.23. The Morgan fingerprint density at radius 3 is 2.64 bits per heavy atom. The van der Waals surface area contributed by atoms with Crippen molar-refractivity contribution < 1.29 is 14.3 Å². The highest BCUT2D eigenvalue weighted by Crippen LogP contribution is 2.30. The molecule has 28 heavy (non-hydrogen) atoms. The van der Waals surface area contributed by atoms with Gasteiger partial charge in [-0.25, -0.2) is 0 Å². The Morgan fingerprint density at radius 1 is 1.21 bits per heavy atom. The highest BCUT2D eigenvalue weighted by molar-refractivity contribution is 5.79. The van der Waals surface area contributed by atoms with Crippen LogP contribution in [0.25, 0.3) is 0 Å². The largest absolute Gasteiger partial charge is 0.497 e. The summed E-state index contributed by atoms with van der Waals surface area (Å²) in [6.07, 6.45) is 3.80. The maximum absolute atomic E-state index is 12.7. The van der Waals surface area contributed by atoms with Gasteiger partial charge in [-0.2, -0.15) is 0 Å². The third kappa shape index (κ3) is 5.09. The van der Waals surface area contributed by atoms with Crippen LogP contribution < -0.4 is 10.1 Å². The van der Waals surface area contributed by atoms with Gasteiger partial charge in [0.2, 0.25) is 11.8 Å². The molecule has 2 heterocycles. The van der Waals surface area contributed by atoms with Crippen molar-refractivity contribution in [3.63, 3.8) is 0 Å². The molecule has 3 rings (SSSR count). The average molecular weight is 381 g/mol. The number of aromatic nitrogens is 1. The molecule has 2 amide bonds. The lowest BCUT2D eigenvalue weighted by Gasteiger charge is -2.36. The number of nitrogens with one attached hydrogen (secondary N) is 1. The van der Waals surface area contributed by atoms with Gasteiger partial charge in [0.25, 0.3) is 0 Å². The molecular weight excluding hydrogens is 354 g/mol. The maximum Gasteiger partial charge on any atom is 0.226 e. The first-order valence-corrected chi connectivity index (χ1v) is 9.65. The molecule has 1 aromatic heterocycles. The van der Waals surface area contributed by atoms with Crippen LogP contribution in [0, 0.1) is 5.92 Å². The number of benzene rings is 1. The third-order valence-corrected chi connectivity index (χ3v) is 5.22. The second-order valence-electron chi connectivity index (χ2n) is 7.18. The van der Waals surface area contributed by atoms with Crippen LogP contribution in [0.1, 0.15) is 37.1 Å². The fourth-order valence-electron chi connectivity index (χ4n) is 3.76. The number of methoxy groups -OCH3 is 1. The second kappa shape index (κ2) is 9.35. The van der Waals surface area contributed by atoms with Crippen molar-refractivity contribution in [3.8, 4) is 5.75 Å². The molecule has 1 saturated heterocycles. The van der Waals surface area contributed by atoms with Gasteiger partial charge in [0.1, 0.15) is 5.75 Å². The lowest BCUT2D eigenvalue weighted by atomic mass is 9.87. The van der Waals surface area contributed by atoms with Crippen molar-refractivity contribution >= 4 is 11.8 Å². The van der Waals surface area contributed by atoms with Gasteiger partial charge in [0.05, 0.1) is 25.3 Å². The molecule has 0 bridgehead atoms. The SMILES string of the molecule is COc1cccc(CC(=O)N2CCC([C@@H](NC(C)=O)c3ccccn3)CC2)c1. The van der Waals surface area contributed by atoms with Crippen LogP contribution in [-0.4, -0.2) is 41.9 Å². The molecule has 0 unspecified atom stereocenters. The summed E-state index contributed by atoms with van der Waals surface area (Å²) in [6, 6.07) is 13.3. The van der Waals surface area contributed by atoms with Gasteiger partial charge in [-0.1, -0.05) is 18.2 Å². The fourth-order valence-corrected chi connectivity index (χ4v) is 3.76. The predicted octanol–water partition coefficient (Wildman–Crippen LogP) is 2.75. The number of piperidine rings is 1. The lowest BCUT2D eigenvalue weighted by molar-refractivity contribution is -0.132. The van der Waals surface area contributed by atoms with Gasteiger partial charge in [0, 0.05) is 26.2 Å². The number of pyridine rings is 1. The number of rotatable bonds is 6. The average Bonchev–Trinajstić information content (AvgIpc) is 2.73. The predicted molar refractivity (Wildman–Crippen MR) is 107 cm³/mol. The Bertz CT molecular complexity index is 802. The van der Waals surface area contributed by atoms with Crippen molar-refractivity contribution in [2.45, 2.75) is 32.2 Å². The maximum atomic E-state index is 12.7. The van der Waals surface area contributed by atoms with Crippen molar-refractivity contribution in [1.82, 2.24) is 15.2 Å². The lowest BCUT2D eigenvalue weighted by Crippen LogP contribution is -2.43. The van der Waals surface area contributed by atoms with Gasteiger partial charge in [-0.15, -0.1) is 0 Å². The van der Waals surface area contributed by atoms with E-state index in [1.54, 1.807) is 13.3 Å². The van der Waals surface area contributed by atoms with Gasteiger partial charge in [-0.05, 0) is 48.6 Å². The molecule has 1 N–H and O–H groups in total. The molecule has 148 valence electrons. The Labute approximate surface area is 165 Å². The first kappa shape index (κ1) is 19.9. The summed E-state index contributed by atoms with van der Waals surface area (Å²) in [7, 11) is 1.62. The summed E-state index contributed by atoms with van der Waals surface area (Å²) in [5.74, 6) is 1.09. The number of carbonyl (C=O) groups is 2. The number of ether oxygens (including phenoxy) is 1. The molecule has 1 atom stereocenters. The number of nitrogens with zero attached hydrogens (tertiary/aromatic N) is 2. The van der Waals surface area contributed by atoms with Crippen LogP contribution in [0.15, 0.2) is 48.7 Å². The molecule has 1 aliphatic heterocycles. The minimum atomic E-state index is -0.116. The number of carbonyl (C=O) groups excluding carboxylic acids is 2. The highest BCUT2D eigenvalue weighted by Gasteiger charge is 2.30. The minimum Gasteiger partial charge on any atom is -0.497 e. The van der Waals surface area contributed by atoms with E-state index < -0.39 is 0 Å². The molecule has 6 nitrogen and oxygen atoms in total. The Morgan fingerprint density at radius 2 is 2.00 bits per heavy atom. The molecule has 0 saturated carbocycles. The van der Waals surface area contributed by atoms with Crippen LogP contribution in [0.2, 0.25) is 0 Å². The minimum absolute atomic E-state index is 0.0628. The van der Waals surface area contributed by atoms with E-state index in [1.165, 1.54) is 6.92 Å². The standard InChI is InChI=1S/C22H27N3O3/c1-16(26)24-22(20-8-3-4-11-23-20)18-9-12-25(13-10-18)21(27)15-17-6-5-7-19(14-17)28-2/h3-8,11,14,18,22H,9-10,12-13,15H2,1-2H3,(H,24,26)/t22-/m1/s1. The molecule has 1 fully saturated rings. The Kier molecular flexibility index (Phi) is 6.63. The van der Waals surface area contributed by atoms with E-state index in [-0.39, 0.29) is 23.8 Å². The topological polar surface area (TPSA) is 71.5 Å². The zero-order valence-electron chi connectivity index (χ0n) is 16.4. The van der Waals surface area contributed by atoms with Gasteiger partial charge in [0.15, 0.2) is 0 Å². The van der Waals surface area contributed by atoms with E-state index in [0.29, 0.717) is 19.5 Å². The van der Waals surface area contributed by atoms with E-state index in [0.717, 1.165) is 29.8 Å². The molecule has 0 spiro atoms. The summed E-state index contributed by atoms with van der Waals surface area (Å²) in [5.41, 5.74) is 1.83. The van der Waals surface area contributed by atoms with Gasteiger partial charge in [-0.3, -0.25) is 14.6 Å². The fraction of sp³-hybridized carbons (Fsp3) is 0.409. The number of amides is 2. The van der Waals surface area contributed by atoms with Gasteiger partial charge < -0.3 is 15.0 Å². The summed E-state index contributed by atoms with van der Waals surface area (Å²) in [6.45, 7) is 2.91. The van der Waals surface area contributed by atoms with Crippen molar-refractivity contribution in [3.05, 3.63) is 59.9 Å². The Hall–Kier alpha value is -2.89. The monoisotopic (exact) mass is 381 g/mol.